The second-order valence-electron chi connectivity index (χ2n) is 2.73. The summed E-state index contributed by atoms with van der Waals surface area (Å²) in [5.74, 6) is -0.469. The summed E-state index contributed by atoms with van der Waals surface area (Å²) in [6, 6.07) is 6.30. The number of rotatable bonds is 3. The van der Waals surface area contributed by atoms with Gasteiger partial charge in [0.2, 0.25) is 0 Å². The molecule has 1 aromatic rings. The number of anilines is 1. The van der Waals surface area contributed by atoms with E-state index in [0.29, 0.717) is 0 Å². The van der Waals surface area contributed by atoms with Crippen molar-refractivity contribution in [2.24, 2.45) is 0 Å². The Bertz CT molecular complexity index is 328. The zero-order chi connectivity index (χ0) is 9.68. The van der Waals surface area contributed by atoms with Crippen molar-refractivity contribution in [3.05, 3.63) is 29.6 Å². The second kappa shape index (κ2) is 4.46. The van der Waals surface area contributed by atoms with E-state index in [2.05, 4.69) is 5.32 Å². The van der Waals surface area contributed by atoms with E-state index in [1.165, 1.54) is 12.1 Å². The number of hydrogen-bond acceptors (Lipinski definition) is 2. The number of nitriles is 1. The lowest BCUT2D eigenvalue weighted by atomic mass is 10.2. The van der Waals surface area contributed by atoms with Crippen LogP contribution in [0.2, 0.25) is 0 Å². The van der Waals surface area contributed by atoms with Crippen LogP contribution in [0.15, 0.2) is 18.2 Å². The SMILES string of the molecule is CCCNc1ccc(C#N)c(F)c1. The Balaban J connectivity index is 2.79. The Kier molecular flexibility index (Phi) is 3.27. The molecule has 0 aliphatic carbocycles. The van der Waals surface area contributed by atoms with E-state index >= 15 is 0 Å². The van der Waals surface area contributed by atoms with Crippen molar-refractivity contribution in [1.82, 2.24) is 0 Å². The quantitative estimate of drug-likeness (QED) is 0.771. The molecule has 0 amide bonds. The molecule has 0 aliphatic heterocycles. The molecule has 1 rings (SSSR count). The molecule has 0 bridgehead atoms. The van der Waals surface area contributed by atoms with Crippen molar-refractivity contribution in [2.45, 2.75) is 13.3 Å². The van der Waals surface area contributed by atoms with Crippen molar-refractivity contribution in [3.8, 4) is 6.07 Å². The average molecular weight is 178 g/mol. The molecule has 3 heteroatoms. The zero-order valence-electron chi connectivity index (χ0n) is 7.47. The van der Waals surface area contributed by atoms with Crippen LogP contribution in [0.1, 0.15) is 18.9 Å². The van der Waals surface area contributed by atoms with Gasteiger partial charge in [0.15, 0.2) is 0 Å². The van der Waals surface area contributed by atoms with Gasteiger partial charge >= 0.3 is 0 Å². The molecule has 0 saturated heterocycles. The number of benzene rings is 1. The van der Waals surface area contributed by atoms with Crippen molar-refractivity contribution >= 4 is 5.69 Å². The third-order valence-corrected chi connectivity index (χ3v) is 1.67. The molecule has 0 saturated carbocycles. The van der Waals surface area contributed by atoms with Crippen LogP contribution >= 0.6 is 0 Å². The molecule has 0 spiro atoms. The first-order valence-electron chi connectivity index (χ1n) is 4.21. The van der Waals surface area contributed by atoms with Crippen LogP contribution < -0.4 is 5.32 Å². The van der Waals surface area contributed by atoms with Gasteiger partial charge in [-0.1, -0.05) is 6.92 Å². The van der Waals surface area contributed by atoms with E-state index in [4.69, 9.17) is 5.26 Å². The highest BCUT2D eigenvalue weighted by Gasteiger charge is 2.01. The fraction of sp³-hybridized carbons (Fsp3) is 0.300. The molecule has 0 heterocycles. The van der Waals surface area contributed by atoms with Gasteiger partial charge in [0.25, 0.3) is 0 Å². The van der Waals surface area contributed by atoms with E-state index in [0.717, 1.165) is 18.7 Å². The molecule has 0 atom stereocenters. The first-order valence-corrected chi connectivity index (χ1v) is 4.21. The normalized spacial score (nSPS) is 9.31. The third kappa shape index (κ3) is 2.45. The topological polar surface area (TPSA) is 35.8 Å². The Labute approximate surface area is 77.0 Å². The van der Waals surface area contributed by atoms with Crippen LogP contribution in [0.4, 0.5) is 10.1 Å². The fourth-order valence-corrected chi connectivity index (χ4v) is 0.985. The third-order valence-electron chi connectivity index (χ3n) is 1.67. The van der Waals surface area contributed by atoms with Gasteiger partial charge in [-0.3, -0.25) is 0 Å². The highest BCUT2D eigenvalue weighted by Crippen LogP contribution is 2.13. The first kappa shape index (κ1) is 9.53. The summed E-state index contributed by atoms with van der Waals surface area (Å²) >= 11 is 0. The Morgan fingerprint density at radius 2 is 2.31 bits per heavy atom. The Hall–Kier alpha value is -1.56. The fourth-order valence-electron chi connectivity index (χ4n) is 0.985. The zero-order valence-corrected chi connectivity index (χ0v) is 7.47. The molecule has 13 heavy (non-hydrogen) atoms. The van der Waals surface area contributed by atoms with E-state index in [9.17, 15) is 4.39 Å². The van der Waals surface area contributed by atoms with Crippen LogP contribution in [-0.2, 0) is 0 Å². The van der Waals surface area contributed by atoms with E-state index in [-0.39, 0.29) is 5.56 Å². The van der Waals surface area contributed by atoms with E-state index < -0.39 is 5.82 Å². The summed E-state index contributed by atoms with van der Waals surface area (Å²) in [6.45, 7) is 2.85. The van der Waals surface area contributed by atoms with Gasteiger partial charge in [-0.2, -0.15) is 5.26 Å². The monoisotopic (exact) mass is 178 g/mol. The molecule has 68 valence electrons. The predicted octanol–water partition coefficient (Wildman–Crippen LogP) is 2.52. The van der Waals surface area contributed by atoms with Gasteiger partial charge in [0.1, 0.15) is 11.9 Å². The Morgan fingerprint density at radius 3 is 2.85 bits per heavy atom. The molecule has 2 nitrogen and oxygen atoms in total. The van der Waals surface area contributed by atoms with Gasteiger partial charge in [-0.15, -0.1) is 0 Å². The van der Waals surface area contributed by atoms with Crippen LogP contribution in [0, 0.1) is 17.1 Å². The Morgan fingerprint density at radius 1 is 1.54 bits per heavy atom. The summed E-state index contributed by atoms with van der Waals surface area (Å²) in [4.78, 5) is 0. The molecular formula is C10H11FN2. The standard InChI is InChI=1S/C10H11FN2/c1-2-5-13-9-4-3-8(7-12)10(11)6-9/h3-4,6,13H,2,5H2,1H3. The maximum absolute atomic E-state index is 13.0. The van der Waals surface area contributed by atoms with Crippen LogP contribution in [0.25, 0.3) is 0 Å². The van der Waals surface area contributed by atoms with Gasteiger partial charge in [0, 0.05) is 12.2 Å². The number of nitrogens with zero attached hydrogens (tertiary/aromatic N) is 1. The lowest BCUT2D eigenvalue weighted by Crippen LogP contribution is -2.00. The summed E-state index contributed by atoms with van der Waals surface area (Å²) in [6.07, 6.45) is 0.988. The minimum Gasteiger partial charge on any atom is -0.385 e. The smallest absolute Gasteiger partial charge is 0.143 e. The van der Waals surface area contributed by atoms with Gasteiger partial charge in [-0.25, -0.2) is 4.39 Å². The summed E-state index contributed by atoms with van der Waals surface area (Å²) in [5, 5.41) is 11.5. The van der Waals surface area contributed by atoms with Crippen molar-refractivity contribution in [3.63, 3.8) is 0 Å². The number of halogens is 1. The molecule has 0 unspecified atom stereocenters. The minimum atomic E-state index is -0.469. The molecule has 0 fully saturated rings. The van der Waals surface area contributed by atoms with Gasteiger partial charge in [-0.05, 0) is 24.6 Å². The maximum Gasteiger partial charge on any atom is 0.143 e. The minimum absolute atomic E-state index is 0.0852. The molecule has 1 N–H and O–H groups in total. The van der Waals surface area contributed by atoms with Gasteiger partial charge in [0.05, 0.1) is 5.56 Å². The van der Waals surface area contributed by atoms with Crippen LogP contribution in [0.5, 0.6) is 0 Å². The molecule has 0 aromatic heterocycles. The average Bonchev–Trinajstić information content (AvgIpc) is 2.15. The summed E-state index contributed by atoms with van der Waals surface area (Å²) < 4.78 is 13.0. The largest absolute Gasteiger partial charge is 0.385 e. The van der Waals surface area contributed by atoms with Crippen molar-refractivity contribution < 1.29 is 4.39 Å². The lowest BCUT2D eigenvalue weighted by Gasteiger charge is -2.04. The molecular weight excluding hydrogens is 167 g/mol. The van der Waals surface area contributed by atoms with Crippen LogP contribution in [0.3, 0.4) is 0 Å². The number of nitrogens with one attached hydrogen (secondary N) is 1. The summed E-state index contributed by atoms with van der Waals surface area (Å²) in [5.41, 5.74) is 0.806. The van der Waals surface area contributed by atoms with Gasteiger partial charge < -0.3 is 5.32 Å². The number of hydrogen-bond donors (Lipinski definition) is 1. The maximum atomic E-state index is 13.0. The van der Waals surface area contributed by atoms with E-state index in [1.807, 2.05) is 6.92 Å². The van der Waals surface area contributed by atoms with Crippen molar-refractivity contribution in [2.75, 3.05) is 11.9 Å². The second-order valence-corrected chi connectivity index (χ2v) is 2.73. The molecule has 1 aromatic carbocycles. The lowest BCUT2D eigenvalue weighted by molar-refractivity contribution is 0.624. The first-order chi connectivity index (χ1) is 6.27. The highest BCUT2D eigenvalue weighted by atomic mass is 19.1. The van der Waals surface area contributed by atoms with Crippen LogP contribution in [-0.4, -0.2) is 6.54 Å². The van der Waals surface area contributed by atoms with E-state index in [1.54, 1.807) is 12.1 Å². The molecule has 0 aliphatic rings. The predicted molar refractivity (Wildman–Crippen MR) is 49.9 cm³/mol. The molecule has 0 radical (unpaired) electrons. The van der Waals surface area contributed by atoms with Crippen molar-refractivity contribution in [1.29, 1.82) is 5.26 Å². The summed E-state index contributed by atoms with van der Waals surface area (Å²) in [7, 11) is 0. The highest BCUT2D eigenvalue weighted by molar-refractivity contribution is 5.47.